The van der Waals surface area contributed by atoms with Gasteiger partial charge in [-0.05, 0) is 0 Å². The van der Waals surface area contributed by atoms with E-state index in [9.17, 15) is 4.79 Å². The van der Waals surface area contributed by atoms with Crippen LogP contribution in [0.4, 0.5) is 0 Å². The van der Waals surface area contributed by atoms with Crippen LogP contribution in [0.15, 0.2) is 11.6 Å². The minimum atomic E-state index is -0.502. The molecule has 0 spiro atoms. The van der Waals surface area contributed by atoms with E-state index in [1.807, 2.05) is 0 Å². The smallest absolute Gasteiger partial charge is 0.262 e. The highest BCUT2D eigenvalue weighted by molar-refractivity contribution is 6.41. The Balaban J connectivity index is 3.55. The van der Waals surface area contributed by atoms with Crippen LogP contribution in [0.1, 0.15) is 0 Å². The first-order chi connectivity index (χ1) is 4.18. The number of carbonyl (C=O) groups is 1. The molecule has 9 heavy (non-hydrogen) atoms. The summed E-state index contributed by atoms with van der Waals surface area (Å²) in [5.74, 6) is -0.502. The van der Waals surface area contributed by atoms with Crippen molar-refractivity contribution in [2.24, 2.45) is 0 Å². The highest BCUT2D eigenvalue weighted by Gasteiger charge is 1.99. The molecule has 0 aromatic heterocycles. The van der Waals surface area contributed by atoms with Crippen molar-refractivity contribution in [3.63, 3.8) is 0 Å². The predicted molar refractivity (Wildman–Crippen MR) is 33.6 cm³/mol. The molecule has 0 unspecified atom stereocenters. The molecule has 0 aromatic rings. The van der Waals surface area contributed by atoms with Crippen molar-refractivity contribution in [2.45, 2.75) is 0 Å². The van der Waals surface area contributed by atoms with Gasteiger partial charge in [-0.2, -0.15) is 5.26 Å². The van der Waals surface area contributed by atoms with Gasteiger partial charge in [-0.15, -0.1) is 0 Å². The van der Waals surface area contributed by atoms with Gasteiger partial charge < -0.3 is 5.32 Å². The first-order valence-electron chi connectivity index (χ1n) is 2.18. The fourth-order valence-electron chi connectivity index (χ4n) is 0.216. The van der Waals surface area contributed by atoms with Crippen molar-refractivity contribution in [2.75, 3.05) is 6.54 Å². The Morgan fingerprint density at radius 3 is 2.78 bits per heavy atom. The highest BCUT2D eigenvalue weighted by Crippen LogP contribution is 1.93. The van der Waals surface area contributed by atoms with Crippen LogP contribution < -0.4 is 5.32 Å². The fourth-order valence-corrected chi connectivity index (χ4v) is 0.283. The summed E-state index contributed by atoms with van der Waals surface area (Å²) in [6.45, 7) is 3.11. The average molecular weight is 145 g/mol. The van der Waals surface area contributed by atoms with Gasteiger partial charge in [-0.3, -0.25) is 4.79 Å². The topological polar surface area (TPSA) is 52.9 Å². The fraction of sp³-hybridized carbons (Fsp3) is 0.200. The quantitative estimate of drug-likeness (QED) is 0.450. The molecule has 4 heteroatoms. The number of nitrogens with one attached hydrogen (secondary N) is 1. The first-order valence-corrected chi connectivity index (χ1v) is 2.56. The summed E-state index contributed by atoms with van der Waals surface area (Å²) in [6.07, 6.45) is 0. The van der Waals surface area contributed by atoms with Gasteiger partial charge in [-0.1, -0.05) is 18.2 Å². The lowest BCUT2D eigenvalue weighted by atomic mass is 10.5. The van der Waals surface area contributed by atoms with Gasteiger partial charge in [0.1, 0.15) is 6.54 Å². The molecule has 1 amide bonds. The predicted octanol–water partition coefficient (Wildman–Crippen LogP) is 0.379. The molecule has 0 bridgehead atoms. The third-order valence-electron chi connectivity index (χ3n) is 0.574. The summed E-state index contributed by atoms with van der Waals surface area (Å²) in [4.78, 5) is 10.4. The maximum Gasteiger partial charge on any atom is 0.262 e. The van der Waals surface area contributed by atoms with Crippen LogP contribution in [0.5, 0.6) is 0 Å². The molecule has 0 aliphatic rings. The van der Waals surface area contributed by atoms with E-state index in [0.717, 1.165) is 0 Å². The maximum absolute atomic E-state index is 10.4. The zero-order valence-electron chi connectivity index (χ0n) is 4.65. The van der Waals surface area contributed by atoms with Crippen LogP contribution >= 0.6 is 11.6 Å². The molecule has 0 rings (SSSR count). The summed E-state index contributed by atoms with van der Waals surface area (Å²) in [5.41, 5.74) is 0. The Morgan fingerprint density at radius 2 is 2.44 bits per heavy atom. The molecule has 0 aliphatic heterocycles. The largest absolute Gasteiger partial charge is 0.338 e. The molecule has 48 valence electrons. The first kappa shape index (κ1) is 7.99. The Labute approximate surface area is 57.9 Å². The average Bonchev–Trinajstić information content (AvgIpc) is 1.82. The third-order valence-corrected chi connectivity index (χ3v) is 0.746. The van der Waals surface area contributed by atoms with Crippen LogP contribution in [-0.2, 0) is 4.79 Å². The molecule has 0 fully saturated rings. The summed E-state index contributed by atoms with van der Waals surface area (Å²) in [7, 11) is 0. The van der Waals surface area contributed by atoms with E-state index in [0.29, 0.717) is 0 Å². The lowest BCUT2D eigenvalue weighted by molar-refractivity contribution is -0.116. The molecular formula is C5H5ClN2O. The number of carbonyl (C=O) groups excluding carboxylic acids is 1. The van der Waals surface area contributed by atoms with Crippen molar-refractivity contribution in [1.82, 2.24) is 5.32 Å². The Morgan fingerprint density at radius 1 is 1.89 bits per heavy atom. The SMILES string of the molecule is C=C(Cl)C(=O)NCC#N. The molecular weight excluding hydrogens is 140 g/mol. The number of amides is 1. The van der Waals surface area contributed by atoms with Crippen molar-refractivity contribution in [1.29, 1.82) is 5.26 Å². The lowest BCUT2D eigenvalue weighted by Crippen LogP contribution is -2.22. The second-order valence-electron chi connectivity index (χ2n) is 1.25. The number of hydrogen-bond acceptors (Lipinski definition) is 2. The summed E-state index contributed by atoms with van der Waals surface area (Å²) < 4.78 is 0. The maximum atomic E-state index is 10.4. The van der Waals surface area contributed by atoms with E-state index in [4.69, 9.17) is 16.9 Å². The van der Waals surface area contributed by atoms with Crippen LogP contribution in [0.2, 0.25) is 0 Å². The van der Waals surface area contributed by atoms with Gasteiger partial charge in [0.15, 0.2) is 0 Å². The molecule has 0 atom stereocenters. The minimum absolute atomic E-state index is 0.0371. The van der Waals surface area contributed by atoms with E-state index in [2.05, 4.69) is 11.9 Å². The van der Waals surface area contributed by atoms with E-state index >= 15 is 0 Å². The van der Waals surface area contributed by atoms with Crippen LogP contribution in [-0.4, -0.2) is 12.5 Å². The van der Waals surface area contributed by atoms with Gasteiger partial charge in [-0.25, -0.2) is 0 Å². The normalized spacial score (nSPS) is 7.56. The zero-order valence-corrected chi connectivity index (χ0v) is 5.40. The Kier molecular flexibility index (Phi) is 3.49. The van der Waals surface area contributed by atoms with Gasteiger partial charge in [0.2, 0.25) is 0 Å². The van der Waals surface area contributed by atoms with Gasteiger partial charge in [0, 0.05) is 0 Å². The monoisotopic (exact) mass is 144 g/mol. The summed E-state index contributed by atoms with van der Waals surface area (Å²) in [6, 6.07) is 1.72. The number of hydrogen-bond donors (Lipinski definition) is 1. The molecule has 1 N–H and O–H groups in total. The number of halogens is 1. The van der Waals surface area contributed by atoms with E-state index < -0.39 is 5.91 Å². The minimum Gasteiger partial charge on any atom is -0.338 e. The van der Waals surface area contributed by atoms with Crippen molar-refractivity contribution < 1.29 is 4.79 Å². The van der Waals surface area contributed by atoms with Crippen LogP contribution in [0.25, 0.3) is 0 Å². The van der Waals surface area contributed by atoms with Crippen LogP contribution in [0.3, 0.4) is 0 Å². The van der Waals surface area contributed by atoms with Crippen molar-refractivity contribution >= 4 is 17.5 Å². The van der Waals surface area contributed by atoms with Crippen molar-refractivity contribution in [3.8, 4) is 6.07 Å². The van der Waals surface area contributed by atoms with Gasteiger partial charge in [0.25, 0.3) is 5.91 Å². The molecule has 0 heterocycles. The van der Waals surface area contributed by atoms with Gasteiger partial charge in [0.05, 0.1) is 11.1 Å². The highest BCUT2D eigenvalue weighted by atomic mass is 35.5. The number of rotatable bonds is 2. The summed E-state index contributed by atoms with van der Waals surface area (Å²) >= 11 is 5.15. The molecule has 0 aliphatic carbocycles. The lowest BCUT2D eigenvalue weighted by Gasteiger charge is -1.93. The van der Waals surface area contributed by atoms with E-state index in [1.165, 1.54) is 0 Å². The molecule has 0 saturated carbocycles. The Bertz CT molecular complexity index is 170. The Hall–Kier alpha value is -1.01. The van der Waals surface area contributed by atoms with E-state index in [1.54, 1.807) is 6.07 Å². The standard InChI is InChI=1S/C5H5ClN2O/c1-4(6)5(9)8-3-2-7/h1,3H2,(H,8,9). The second kappa shape index (κ2) is 3.93. The summed E-state index contributed by atoms with van der Waals surface area (Å²) in [5, 5.41) is 10.1. The molecule has 0 radical (unpaired) electrons. The molecule has 0 saturated heterocycles. The number of nitriles is 1. The second-order valence-corrected chi connectivity index (χ2v) is 1.70. The van der Waals surface area contributed by atoms with Crippen molar-refractivity contribution in [3.05, 3.63) is 11.6 Å². The third kappa shape index (κ3) is 3.56. The molecule has 0 aromatic carbocycles. The molecule has 3 nitrogen and oxygen atoms in total. The van der Waals surface area contributed by atoms with E-state index in [-0.39, 0.29) is 11.6 Å². The van der Waals surface area contributed by atoms with Gasteiger partial charge >= 0.3 is 0 Å². The van der Waals surface area contributed by atoms with Crippen LogP contribution in [0, 0.1) is 11.3 Å². The number of nitrogens with zero attached hydrogens (tertiary/aromatic N) is 1. The zero-order chi connectivity index (χ0) is 7.28.